The minimum Gasteiger partial charge on any atom is -0.327 e. The Morgan fingerprint density at radius 3 is 2.71 bits per heavy atom. The van der Waals surface area contributed by atoms with E-state index in [-0.39, 0.29) is 0 Å². The van der Waals surface area contributed by atoms with E-state index in [0.717, 1.165) is 16.9 Å². The summed E-state index contributed by atoms with van der Waals surface area (Å²) in [5, 5.41) is 0. The first-order valence-corrected chi connectivity index (χ1v) is 7.39. The Morgan fingerprint density at radius 1 is 1.29 bits per heavy atom. The zero-order valence-corrected chi connectivity index (χ0v) is 11.8. The largest absolute Gasteiger partial charge is 0.327 e. The van der Waals surface area contributed by atoms with Crippen molar-refractivity contribution in [1.82, 2.24) is 4.98 Å². The third-order valence-corrected chi connectivity index (χ3v) is 4.12. The van der Waals surface area contributed by atoms with Crippen molar-refractivity contribution in [3.63, 3.8) is 0 Å². The lowest BCUT2D eigenvalue weighted by Gasteiger charge is -2.24. The van der Waals surface area contributed by atoms with Gasteiger partial charge in [-0.15, -0.1) is 0 Å². The maximum Gasteiger partial charge on any atom is 0.106 e. The van der Waals surface area contributed by atoms with Crippen molar-refractivity contribution < 1.29 is 0 Å². The first-order chi connectivity index (χ1) is 8.24. The van der Waals surface area contributed by atoms with Gasteiger partial charge in [-0.1, -0.05) is 38.2 Å². The summed E-state index contributed by atoms with van der Waals surface area (Å²) in [6.07, 6.45) is 11.0. The molecule has 0 aromatic carbocycles. The maximum absolute atomic E-state index is 6.24. The van der Waals surface area contributed by atoms with E-state index in [1.165, 1.54) is 44.1 Å². The van der Waals surface area contributed by atoms with E-state index in [0.29, 0.717) is 6.04 Å². The van der Waals surface area contributed by atoms with Crippen molar-refractivity contribution >= 4 is 15.9 Å². The van der Waals surface area contributed by atoms with E-state index in [9.17, 15) is 0 Å². The van der Waals surface area contributed by atoms with Crippen LogP contribution >= 0.6 is 15.9 Å². The SMILES string of the molecule is NC(Cc1ccc(Br)nc1)CC1CCCCC1. The van der Waals surface area contributed by atoms with Crippen LogP contribution in [0.25, 0.3) is 0 Å². The summed E-state index contributed by atoms with van der Waals surface area (Å²) in [5.74, 6) is 0.863. The summed E-state index contributed by atoms with van der Waals surface area (Å²) < 4.78 is 0.891. The average Bonchev–Trinajstić information content (AvgIpc) is 2.33. The first-order valence-electron chi connectivity index (χ1n) is 6.60. The van der Waals surface area contributed by atoms with Gasteiger partial charge < -0.3 is 5.73 Å². The lowest BCUT2D eigenvalue weighted by atomic mass is 9.84. The van der Waals surface area contributed by atoms with E-state index < -0.39 is 0 Å². The Morgan fingerprint density at radius 2 is 2.06 bits per heavy atom. The summed E-state index contributed by atoms with van der Waals surface area (Å²) >= 11 is 3.35. The zero-order valence-electron chi connectivity index (χ0n) is 10.2. The summed E-state index contributed by atoms with van der Waals surface area (Å²) in [6.45, 7) is 0. The van der Waals surface area contributed by atoms with Crippen LogP contribution in [0.15, 0.2) is 22.9 Å². The monoisotopic (exact) mass is 296 g/mol. The molecule has 1 aromatic rings. The molecule has 1 saturated carbocycles. The van der Waals surface area contributed by atoms with Gasteiger partial charge >= 0.3 is 0 Å². The second-order valence-electron chi connectivity index (χ2n) is 5.19. The van der Waals surface area contributed by atoms with Crippen LogP contribution in [0.4, 0.5) is 0 Å². The molecule has 0 aliphatic heterocycles. The highest BCUT2D eigenvalue weighted by Gasteiger charge is 2.16. The third kappa shape index (κ3) is 4.40. The summed E-state index contributed by atoms with van der Waals surface area (Å²) in [7, 11) is 0. The molecule has 1 aliphatic rings. The fraction of sp³-hybridized carbons (Fsp3) is 0.643. The summed E-state index contributed by atoms with van der Waals surface area (Å²) in [6, 6.07) is 4.39. The molecule has 1 unspecified atom stereocenters. The van der Waals surface area contributed by atoms with Crippen LogP contribution in [-0.2, 0) is 6.42 Å². The molecule has 1 aliphatic carbocycles. The molecule has 0 radical (unpaired) electrons. The maximum atomic E-state index is 6.24. The molecule has 1 atom stereocenters. The molecule has 1 heterocycles. The van der Waals surface area contributed by atoms with Crippen molar-refractivity contribution in [2.24, 2.45) is 11.7 Å². The highest BCUT2D eigenvalue weighted by molar-refractivity contribution is 9.10. The van der Waals surface area contributed by atoms with E-state index in [2.05, 4.69) is 27.0 Å². The van der Waals surface area contributed by atoms with Crippen LogP contribution in [0.5, 0.6) is 0 Å². The van der Waals surface area contributed by atoms with Gasteiger partial charge in [-0.3, -0.25) is 0 Å². The predicted molar refractivity (Wildman–Crippen MR) is 74.8 cm³/mol. The van der Waals surface area contributed by atoms with Gasteiger partial charge in [-0.25, -0.2) is 4.98 Å². The standard InChI is InChI=1S/C14H21BrN2/c15-14-7-6-12(10-17-14)9-13(16)8-11-4-2-1-3-5-11/h6-7,10-11,13H,1-5,8-9,16H2. The Balaban J connectivity index is 1.79. The number of nitrogens with zero attached hydrogens (tertiary/aromatic N) is 1. The molecule has 3 heteroatoms. The van der Waals surface area contributed by atoms with Crippen LogP contribution in [0, 0.1) is 5.92 Å². The second kappa shape index (κ2) is 6.50. The van der Waals surface area contributed by atoms with Crippen molar-refractivity contribution in [2.75, 3.05) is 0 Å². The molecule has 94 valence electrons. The number of pyridine rings is 1. The van der Waals surface area contributed by atoms with Crippen LogP contribution in [-0.4, -0.2) is 11.0 Å². The van der Waals surface area contributed by atoms with Crippen molar-refractivity contribution in [3.8, 4) is 0 Å². The highest BCUT2D eigenvalue weighted by Crippen LogP contribution is 2.27. The highest BCUT2D eigenvalue weighted by atomic mass is 79.9. The predicted octanol–water partition coefficient (Wildman–Crippen LogP) is 3.68. The third-order valence-electron chi connectivity index (χ3n) is 3.65. The molecule has 0 saturated heterocycles. The van der Waals surface area contributed by atoms with E-state index in [1.807, 2.05) is 12.3 Å². The molecule has 17 heavy (non-hydrogen) atoms. The number of hydrogen-bond donors (Lipinski definition) is 1. The van der Waals surface area contributed by atoms with Gasteiger partial charge in [0.2, 0.25) is 0 Å². The lowest BCUT2D eigenvalue weighted by Crippen LogP contribution is -2.27. The molecule has 1 fully saturated rings. The van der Waals surface area contributed by atoms with Gasteiger partial charge in [0.15, 0.2) is 0 Å². The lowest BCUT2D eigenvalue weighted by molar-refractivity contribution is 0.316. The number of rotatable bonds is 4. The average molecular weight is 297 g/mol. The second-order valence-corrected chi connectivity index (χ2v) is 6.01. The minimum absolute atomic E-state index is 0.293. The Kier molecular flexibility index (Phi) is 4.99. The topological polar surface area (TPSA) is 38.9 Å². The van der Waals surface area contributed by atoms with Crippen LogP contribution < -0.4 is 5.73 Å². The number of halogens is 1. The van der Waals surface area contributed by atoms with Gasteiger partial charge in [-0.05, 0) is 46.3 Å². The summed E-state index contributed by atoms with van der Waals surface area (Å²) in [4.78, 5) is 4.24. The van der Waals surface area contributed by atoms with Gasteiger partial charge in [0.05, 0.1) is 0 Å². The van der Waals surface area contributed by atoms with Crippen molar-refractivity contribution in [2.45, 2.75) is 51.0 Å². The van der Waals surface area contributed by atoms with Crippen LogP contribution in [0.2, 0.25) is 0 Å². The van der Waals surface area contributed by atoms with Crippen LogP contribution in [0.1, 0.15) is 44.1 Å². The zero-order chi connectivity index (χ0) is 12.1. The smallest absolute Gasteiger partial charge is 0.106 e. The van der Waals surface area contributed by atoms with E-state index in [4.69, 9.17) is 5.73 Å². The first kappa shape index (κ1) is 13.0. The van der Waals surface area contributed by atoms with Gasteiger partial charge in [0.1, 0.15) is 4.60 Å². The molecule has 0 bridgehead atoms. The van der Waals surface area contributed by atoms with E-state index >= 15 is 0 Å². The van der Waals surface area contributed by atoms with Crippen LogP contribution in [0.3, 0.4) is 0 Å². The van der Waals surface area contributed by atoms with Gasteiger partial charge in [-0.2, -0.15) is 0 Å². The fourth-order valence-corrected chi connectivity index (χ4v) is 3.00. The van der Waals surface area contributed by atoms with Crippen molar-refractivity contribution in [3.05, 3.63) is 28.5 Å². The minimum atomic E-state index is 0.293. The van der Waals surface area contributed by atoms with E-state index in [1.54, 1.807) is 0 Å². The number of nitrogens with two attached hydrogens (primary N) is 1. The van der Waals surface area contributed by atoms with Gasteiger partial charge in [0, 0.05) is 12.2 Å². The fourth-order valence-electron chi connectivity index (χ4n) is 2.76. The molecule has 0 spiro atoms. The quantitative estimate of drug-likeness (QED) is 0.861. The molecule has 2 nitrogen and oxygen atoms in total. The van der Waals surface area contributed by atoms with Gasteiger partial charge in [0.25, 0.3) is 0 Å². The molecule has 2 rings (SSSR count). The number of hydrogen-bond acceptors (Lipinski definition) is 2. The Labute approximate surface area is 112 Å². The Bertz CT molecular complexity index is 331. The molecular formula is C14H21BrN2. The molecule has 0 amide bonds. The summed E-state index contributed by atoms with van der Waals surface area (Å²) in [5.41, 5.74) is 7.48. The normalized spacial score (nSPS) is 19.2. The molecule has 1 aromatic heterocycles. The van der Waals surface area contributed by atoms with Crippen molar-refractivity contribution in [1.29, 1.82) is 0 Å². The molecule has 2 N–H and O–H groups in total. The molecular weight excluding hydrogens is 276 g/mol. The Hall–Kier alpha value is -0.410. The number of aromatic nitrogens is 1.